The van der Waals surface area contributed by atoms with Gasteiger partial charge in [0.15, 0.2) is 11.5 Å². The maximum atomic E-state index is 12.9. The van der Waals surface area contributed by atoms with Crippen LogP contribution in [0.4, 0.5) is 0 Å². The molecule has 0 spiro atoms. The van der Waals surface area contributed by atoms with Gasteiger partial charge < -0.3 is 14.5 Å². The van der Waals surface area contributed by atoms with E-state index in [4.69, 9.17) is 9.15 Å². The van der Waals surface area contributed by atoms with Crippen LogP contribution in [0.3, 0.4) is 0 Å². The number of furan rings is 1. The largest absolute Gasteiger partial charge is 0.486 e. The van der Waals surface area contributed by atoms with Gasteiger partial charge in [0.05, 0.1) is 12.0 Å². The summed E-state index contributed by atoms with van der Waals surface area (Å²) in [5.41, 5.74) is 1.35. The molecule has 0 bridgehead atoms. The molecule has 1 amide bonds. The summed E-state index contributed by atoms with van der Waals surface area (Å²) in [5.74, 6) is 1.48. The Balaban J connectivity index is 1.67. The predicted octanol–water partition coefficient (Wildman–Crippen LogP) is 5.18. The Kier molecular flexibility index (Phi) is 4.72. The van der Waals surface area contributed by atoms with Gasteiger partial charge in [-0.3, -0.25) is 9.59 Å². The van der Waals surface area contributed by atoms with E-state index in [0.717, 1.165) is 38.0 Å². The Hall–Kier alpha value is -2.30. The molecule has 2 heterocycles. The van der Waals surface area contributed by atoms with Crippen LogP contribution >= 0.6 is 0 Å². The van der Waals surface area contributed by atoms with Crippen LogP contribution in [-0.4, -0.2) is 23.3 Å². The van der Waals surface area contributed by atoms with Crippen LogP contribution in [0, 0.1) is 12.8 Å². The molecule has 1 aliphatic heterocycles. The van der Waals surface area contributed by atoms with Crippen molar-refractivity contribution in [1.82, 2.24) is 5.32 Å². The third-order valence-corrected chi connectivity index (χ3v) is 6.53. The van der Waals surface area contributed by atoms with Crippen molar-refractivity contribution >= 4 is 22.7 Å². The summed E-state index contributed by atoms with van der Waals surface area (Å²) in [7, 11) is 0. The maximum Gasteiger partial charge on any atom is 0.287 e. The first kappa shape index (κ1) is 19.0. The zero-order chi connectivity index (χ0) is 20.1. The fraction of sp³-hybridized carbons (Fsp3) is 0.565. The third-order valence-electron chi connectivity index (χ3n) is 6.53. The molecule has 5 heteroatoms. The minimum absolute atomic E-state index is 0.0494. The maximum absolute atomic E-state index is 12.9. The average Bonchev–Trinajstić information content (AvgIpc) is 3.00. The number of hydrogen-bond acceptors (Lipinski definition) is 4. The second kappa shape index (κ2) is 6.94. The number of hydrogen-bond donors (Lipinski definition) is 1. The van der Waals surface area contributed by atoms with Gasteiger partial charge in [-0.05, 0) is 64.0 Å². The quantitative estimate of drug-likeness (QED) is 0.792. The lowest BCUT2D eigenvalue weighted by Gasteiger charge is -2.34. The minimum Gasteiger partial charge on any atom is -0.486 e. The van der Waals surface area contributed by atoms with Gasteiger partial charge in [-0.15, -0.1) is 0 Å². The standard InChI is InChI=1S/C23H29NO4/c1-5-23(4)12-16(25)20-18(28-23)11-10-17-19(20)14(3)21(27-17)22(26)24-15-8-6-13(2)7-9-15/h10-11,13,15H,5-9,12H2,1-4H3,(H,24,26)/t13?,15?,23-/m1/s1. The van der Waals surface area contributed by atoms with E-state index in [9.17, 15) is 9.59 Å². The lowest BCUT2D eigenvalue weighted by Crippen LogP contribution is -2.38. The Labute approximate surface area is 165 Å². The van der Waals surface area contributed by atoms with Crippen LogP contribution in [0.5, 0.6) is 5.75 Å². The highest BCUT2D eigenvalue weighted by Gasteiger charge is 2.37. The predicted molar refractivity (Wildman–Crippen MR) is 108 cm³/mol. The highest BCUT2D eigenvalue weighted by atomic mass is 16.5. The molecule has 2 aromatic rings. The molecule has 0 radical (unpaired) electrons. The molecule has 2 aliphatic rings. The molecule has 0 saturated heterocycles. The van der Waals surface area contributed by atoms with Gasteiger partial charge in [0.2, 0.25) is 0 Å². The molecule has 5 nitrogen and oxygen atoms in total. The molecule has 28 heavy (non-hydrogen) atoms. The molecule has 1 atom stereocenters. The molecule has 4 rings (SSSR count). The highest BCUT2D eigenvalue weighted by molar-refractivity contribution is 6.13. The van der Waals surface area contributed by atoms with Gasteiger partial charge in [0, 0.05) is 17.0 Å². The molecular formula is C23H29NO4. The SMILES string of the molecule is CC[C@]1(C)CC(=O)c2c(ccc3oc(C(=O)NC4CCC(C)CC4)c(C)c23)O1. The molecule has 1 N–H and O–H groups in total. The number of fused-ring (bicyclic) bond motifs is 3. The lowest BCUT2D eigenvalue weighted by molar-refractivity contribution is 0.0503. The van der Waals surface area contributed by atoms with Crippen molar-refractivity contribution in [2.24, 2.45) is 5.92 Å². The molecule has 150 valence electrons. The summed E-state index contributed by atoms with van der Waals surface area (Å²) in [4.78, 5) is 25.8. The number of ether oxygens (including phenoxy) is 1. The number of carbonyl (C=O) groups is 2. The highest BCUT2D eigenvalue weighted by Crippen LogP contribution is 2.41. The van der Waals surface area contributed by atoms with Crippen molar-refractivity contribution in [1.29, 1.82) is 0 Å². The van der Waals surface area contributed by atoms with E-state index in [0.29, 0.717) is 40.0 Å². The van der Waals surface area contributed by atoms with Gasteiger partial charge in [-0.1, -0.05) is 13.8 Å². The average molecular weight is 383 g/mol. The molecule has 1 saturated carbocycles. The summed E-state index contributed by atoms with van der Waals surface area (Å²) in [6.45, 7) is 8.09. The number of nitrogens with one attached hydrogen (secondary N) is 1. The summed E-state index contributed by atoms with van der Waals surface area (Å²) in [5, 5.41) is 3.83. The van der Waals surface area contributed by atoms with Crippen LogP contribution < -0.4 is 10.1 Å². The summed E-state index contributed by atoms with van der Waals surface area (Å²) < 4.78 is 12.0. The van der Waals surface area contributed by atoms with E-state index in [2.05, 4.69) is 12.2 Å². The van der Waals surface area contributed by atoms with Crippen molar-refractivity contribution in [3.63, 3.8) is 0 Å². The molecule has 1 aliphatic carbocycles. The van der Waals surface area contributed by atoms with E-state index >= 15 is 0 Å². The van der Waals surface area contributed by atoms with E-state index < -0.39 is 5.60 Å². The van der Waals surface area contributed by atoms with E-state index in [1.54, 1.807) is 12.1 Å². The number of carbonyl (C=O) groups excluding carboxylic acids is 2. The first-order chi connectivity index (χ1) is 13.3. The van der Waals surface area contributed by atoms with Crippen LogP contribution in [0.25, 0.3) is 11.0 Å². The Morgan fingerprint density at radius 1 is 1.25 bits per heavy atom. The molecule has 1 aromatic carbocycles. The van der Waals surface area contributed by atoms with E-state index in [1.165, 1.54) is 0 Å². The van der Waals surface area contributed by atoms with Crippen LogP contribution in [0.15, 0.2) is 16.5 Å². The third kappa shape index (κ3) is 3.21. The lowest BCUT2D eigenvalue weighted by atomic mass is 9.87. The summed E-state index contributed by atoms with van der Waals surface area (Å²) >= 11 is 0. The Morgan fingerprint density at radius 3 is 2.64 bits per heavy atom. The fourth-order valence-corrected chi connectivity index (χ4v) is 4.48. The Morgan fingerprint density at radius 2 is 1.96 bits per heavy atom. The second-order valence-corrected chi connectivity index (χ2v) is 8.80. The van der Waals surface area contributed by atoms with Crippen LogP contribution in [0.1, 0.15) is 85.8 Å². The number of rotatable bonds is 3. The Bertz CT molecular complexity index is 936. The van der Waals surface area contributed by atoms with Gasteiger partial charge in [-0.2, -0.15) is 0 Å². The first-order valence-electron chi connectivity index (χ1n) is 10.4. The van der Waals surface area contributed by atoms with Crippen molar-refractivity contribution in [3.05, 3.63) is 29.0 Å². The van der Waals surface area contributed by atoms with Crippen molar-refractivity contribution in [2.75, 3.05) is 0 Å². The normalized spacial score (nSPS) is 27.4. The van der Waals surface area contributed by atoms with E-state index in [1.807, 2.05) is 20.8 Å². The number of Topliss-reactive ketones (excluding diaryl/α,β-unsaturated/α-hetero) is 1. The number of benzene rings is 1. The van der Waals surface area contributed by atoms with Crippen LogP contribution in [-0.2, 0) is 0 Å². The first-order valence-corrected chi connectivity index (χ1v) is 10.4. The van der Waals surface area contributed by atoms with Crippen molar-refractivity contribution in [2.45, 2.75) is 77.9 Å². The molecule has 0 unspecified atom stereocenters. The topological polar surface area (TPSA) is 68.5 Å². The van der Waals surface area contributed by atoms with Gasteiger partial charge in [0.1, 0.15) is 16.9 Å². The van der Waals surface area contributed by atoms with Gasteiger partial charge in [0.25, 0.3) is 5.91 Å². The number of ketones is 1. The van der Waals surface area contributed by atoms with Crippen molar-refractivity contribution < 1.29 is 18.7 Å². The van der Waals surface area contributed by atoms with Crippen LogP contribution in [0.2, 0.25) is 0 Å². The number of aryl methyl sites for hydroxylation is 1. The number of amides is 1. The molecular weight excluding hydrogens is 354 g/mol. The second-order valence-electron chi connectivity index (χ2n) is 8.80. The smallest absolute Gasteiger partial charge is 0.287 e. The van der Waals surface area contributed by atoms with Gasteiger partial charge >= 0.3 is 0 Å². The minimum atomic E-state index is -0.478. The fourth-order valence-electron chi connectivity index (χ4n) is 4.48. The van der Waals surface area contributed by atoms with Gasteiger partial charge in [-0.25, -0.2) is 0 Å². The zero-order valence-electron chi connectivity index (χ0n) is 17.2. The van der Waals surface area contributed by atoms with Crippen molar-refractivity contribution in [3.8, 4) is 5.75 Å². The summed E-state index contributed by atoms with van der Waals surface area (Å²) in [6.07, 6.45) is 5.38. The summed E-state index contributed by atoms with van der Waals surface area (Å²) in [6, 6.07) is 3.78. The molecule has 1 aromatic heterocycles. The monoisotopic (exact) mass is 383 g/mol. The molecule has 1 fully saturated rings. The van der Waals surface area contributed by atoms with E-state index in [-0.39, 0.29) is 17.7 Å². The zero-order valence-corrected chi connectivity index (χ0v) is 17.2.